The molecule has 2 aromatic rings. The maximum atomic E-state index is 12.3. The smallest absolute Gasteiger partial charge is 0.229 e. The molecule has 4 nitrogen and oxygen atoms in total. The van der Waals surface area contributed by atoms with Crippen molar-refractivity contribution in [3.05, 3.63) is 45.9 Å². The van der Waals surface area contributed by atoms with Gasteiger partial charge in [-0.1, -0.05) is 35.1 Å². The van der Waals surface area contributed by atoms with Gasteiger partial charge in [-0.25, -0.2) is 4.98 Å². The highest BCUT2D eigenvalue weighted by Gasteiger charge is 2.30. The van der Waals surface area contributed by atoms with Crippen molar-refractivity contribution in [2.75, 3.05) is 5.32 Å². The molecule has 0 aliphatic heterocycles. The summed E-state index contributed by atoms with van der Waals surface area (Å²) < 4.78 is 0. The third-order valence-electron chi connectivity index (χ3n) is 3.03. The summed E-state index contributed by atoms with van der Waals surface area (Å²) in [5.74, 6) is -0.0854. The zero-order valence-electron chi connectivity index (χ0n) is 10.4. The number of amides is 1. The minimum atomic E-state index is -0.181. The van der Waals surface area contributed by atoms with Crippen molar-refractivity contribution in [3.8, 4) is 0 Å². The molecule has 20 heavy (non-hydrogen) atoms. The van der Waals surface area contributed by atoms with Gasteiger partial charge in [0.15, 0.2) is 5.13 Å². The van der Waals surface area contributed by atoms with E-state index in [2.05, 4.69) is 10.3 Å². The lowest BCUT2D eigenvalue weighted by molar-refractivity contribution is -0.117. The maximum Gasteiger partial charge on any atom is 0.229 e. The van der Waals surface area contributed by atoms with E-state index in [9.17, 15) is 9.59 Å². The molecule has 1 heterocycles. The van der Waals surface area contributed by atoms with Gasteiger partial charge in [0, 0.05) is 11.5 Å². The molecule has 0 spiro atoms. The van der Waals surface area contributed by atoms with E-state index in [0.717, 1.165) is 12.8 Å². The Morgan fingerprint density at radius 3 is 2.75 bits per heavy atom. The molecule has 102 valence electrons. The van der Waals surface area contributed by atoms with E-state index in [1.165, 1.54) is 17.5 Å². The molecule has 1 N–H and O–H groups in total. The number of nitrogens with zero attached hydrogens (tertiary/aromatic N) is 1. The van der Waals surface area contributed by atoms with Crippen LogP contribution >= 0.6 is 22.9 Å². The van der Waals surface area contributed by atoms with Gasteiger partial charge in [0.25, 0.3) is 0 Å². The van der Waals surface area contributed by atoms with Gasteiger partial charge >= 0.3 is 0 Å². The van der Waals surface area contributed by atoms with Crippen LogP contribution < -0.4 is 5.32 Å². The minimum absolute atomic E-state index is 0.0175. The van der Waals surface area contributed by atoms with E-state index in [4.69, 9.17) is 11.6 Å². The first-order valence-electron chi connectivity index (χ1n) is 6.21. The van der Waals surface area contributed by atoms with Crippen LogP contribution in [0, 0.1) is 5.92 Å². The molecule has 1 fully saturated rings. The fourth-order valence-electron chi connectivity index (χ4n) is 1.77. The lowest BCUT2D eigenvalue weighted by atomic mass is 10.1. The molecule has 1 aliphatic rings. The average Bonchev–Trinajstić information content (AvgIpc) is 3.19. The average molecular weight is 307 g/mol. The van der Waals surface area contributed by atoms with E-state index in [0.29, 0.717) is 20.6 Å². The third kappa shape index (κ3) is 2.73. The summed E-state index contributed by atoms with van der Waals surface area (Å²) in [7, 11) is 0. The van der Waals surface area contributed by atoms with Gasteiger partial charge in [0.1, 0.15) is 0 Å². The highest BCUT2D eigenvalue weighted by Crippen LogP contribution is 2.31. The SMILES string of the molecule is O=C(c1cnc(NC(=O)C2CC2)s1)c1ccccc1Cl. The topological polar surface area (TPSA) is 59.1 Å². The van der Waals surface area contributed by atoms with Gasteiger partial charge in [0.2, 0.25) is 11.7 Å². The number of thiazole rings is 1. The molecule has 1 saturated carbocycles. The number of nitrogens with one attached hydrogen (secondary N) is 1. The predicted octanol–water partition coefficient (Wildman–Crippen LogP) is 3.38. The number of hydrogen-bond acceptors (Lipinski definition) is 4. The van der Waals surface area contributed by atoms with Gasteiger partial charge in [0.05, 0.1) is 16.1 Å². The van der Waals surface area contributed by atoms with E-state index in [1.54, 1.807) is 24.3 Å². The molecular formula is C14H11ClN2O2S. The van der Waals surface area contributed by atoms with Crippen LogP contribution in [0.15, 0.2) is 30.5 Å². The van der Waals surface area contributed by atoms with Crippen LogP contribution in [0.1, 0.15) is 28.1 Å². The van der Waals surface area contributed by atoms with Crippen molar-refractivity contribution in [3.63, 3.8) is 0 Å². The zero-order valence-corrected chi connectivity index (χ0v) is 12.0. The van der Waals surface area contributed by atoms with Crippen LogP contribution in [0.25, 0.3) is 0 Å². The van der Waals surface area contributed by atoms with Crippen LogP contribution in [-0.4, -0.2) is 16.7 Å². The molecule has 1 aliphatic carbocycles. The van der Waals surface area contributed by atoms with E-state index in [-0.39, 0.29) is 17.6 Å². The van der Waals surface area contributed by atoms with Crippen molar-refractivity contribution in [2.45, 2.75) is 12.8 Å². The number of ketones is 1. The van der Waals surface area contributed by atoms with Crippen LogP contribution in [0.3, 0.4) is 0 Å². The van der Waals surface area contributed by atoms with Crippen molar-refractivity contribution in [1.29, 1.82) is 0 Å². The van der Waals surface area contributed by atoms with Gasteiger partial charge in [-0.2, -0.15) is 0 Å². The van der Waals surface area contributed by atoms with Crippen LogP contribution in [0.5, 0.6) is 0 Å². The van der Waals surface area contributed by atoms with Crippen molar-refractivity contribution >= 4 is 39.8 Å². The fourth-order valence-corrected chi connectivity index (χ4v) is 2.76. The molecule has 6 heteroatoms. The predicted molar refractivity (Wildman–Crippen MR) is 78.4 cm³/mol. The molecule has 0 bridgehead atoms. The Hall–Kier alpha value is -1.72. The highest BCUT2D eigenvalue weighted by atomic mass is 35.5. The summed E-state index contributed by atoms with van der Waals surface area (Å²) in [5, 5.41) is 3.60. The van der Waals surface area contributed by atoms with Crippen LogP contribution in [-0.2, 0) is 4.79 Å². The second-order valence-corrected chi connectivity index (χ2v) is 6.04. The number of carbonyl (C=O) groups excluding carboxylic acids is 2. The van der Waals surface area contributed by atoms with Gasteiger partial charge in [-0.3, -0.25) is 9.59 Å². The van der Waals surface area contributed by atoms with Gasteiger partial charge < -0.3 is 5.32 Å². The summed E-state index contributed by atoms with van der Waals surface area (Å²) in [5.41, 5.74) is 0.442. The molecule has 1 aromatic carbocycles. The fraction of sp³-hybridized carbons (Fsp3) is 0.214. The number of anilines is 1. The lowest BCUT2D eigenvalue weighted by Gasteiger charge is -2.00. The Kier molecular flexibility index (Phi) is 3.54. The maximum absolute atomic E-state index is 12.3. The molecule has 1 aromatic heterocycles. The number of carbonyl (C=O) groups is 2. The molecule has 1 amide bonds. The summed E-state index contributed by atoms with van der Waals surface area (Å²) in [6, 6.07) is 6.88. The van der Waals surface area contributed by atoms with Gasteiger partial charge in [-0.05, 0) is 25.0 Å². The first kappa shape index (κ1) is 13.3. The minimum Gasteiger partial charge on any atom is -0.302 e. The standard InChI is InChI=1S/C14H11ClN2O2S/c15-10-4-2-1-3-9(10)12(18)11-7-16-14(20-11)17-13(19)8-5-6-8/h1-4,7-8H,5-6H2,(H,16,17,19). The molecule has 0 radical (unpaired) electrons. The second kappa shape index (κ2) is 5.34. The lowest BCUT2D eigenvalue weighted by Crippen LogP contribution is -2.12. The Balaban J connectivity index is 1.77. The number of benzene rings is 1. The zero-order chi connectivity index (χ0) is 14.1. The summed E-state index contributed by atoms with van der Waals surface area (Å²) in [4.78, 5) is 28.4. The Morgan fingerprint density at radius 2 is 2.05 bits per heavy atom. The van der Waals surface area contributed by atoms with E-state index >= 15 is 0 Å². The molecular weight excluding hydrogens is 296 g/mol. The summed E-state index contributed by atoms with van der Waals surface area (Å²) in [6.45, 7) is 0. The first-order chi connectivity index (χ1) is 9.65. The number of hydrogen-bond donors (Lipinski definition) is 1. The number of rotatable bonds is 4. The summed E-state index contributed by atoms with van der Waals surface area (Å²) in [6.07, 6.45) is 3.34. The second-order valence-electron chi connectivity index (χ2n) is 4.60. The van der Waals surface area contributed by atoms with Crippen molar-refractivity contribution in [1.82, 2.24) is 4.98 Å². The molecule has 3 rings (SSSR count). The largest absolute Gasteiger partial charge is 0.302 e. The van der Waals surface area contributed by atoms with Gasteiger partial charge in [-0.15, -0.1) is 0 Å². The Labute approximate surface area is 124 Å². The number of halogens is 1. The highest BCUT2D eigenvalue weighted by molar-refractivity contribution is 7.17. The van der Waals surface area contributed by atoms with E-state index in [1.807, 2.05) is 0 Å². The van der Waals surface area contributed by atoms with Crippen molar-refractivity contribution < 1.29 is 9.59 Å². The Bertz CT molecular complexity index is 679. The summed E-state index contributed by atoms with van der Waals surface area (Å²) >= 11 is 7.17. The molecule has 0 atom stereocenters. The van der Waals surface area contributed by atoms with E-state index < -0.39 is 0 Å². The first-order valence-corrected chi connectivity index (χ1v) is 7.40. The number of aromatic nitrogens is 1. The monoisotopic (exact) mass is 306 g/mol. The normalized spacial score (nSPS) is 14.1. The third-order valence-corrected chi connectivity index (χ3v) is 4.27. The quantitative estimate of drug-likeness (QED) is 0.881. The Morgan fingerprint density at radius 1 is 1.30 bits per heavy atom. The molecule has 0 saturated heterocycles. The molecule has 0 unspecified atom stereocenters. The van der Waals surface area contributed by atoms with Crippen LogP contribution in [0.4, 0.5) is 5.13 Å². The van der Waals surface area contributed by atoms with Crippen molar-refractivity contribution in [2.24, 2.45) is 5.92 Å². The van der Waals surface area contributed by atoms with Crippen LogP contribution in [0.2, 0.25) is 5.02 Å².